The molecule has 1 saturated heterocycles. The van der Waals surface area contributed by atoms with Crippen molar-refractivity contribution < 1.29 is 19.0 Å². The van der Waals surface area contributed by atoms with Gasteiger partial charge in [-0.25, -0.2) is 0 Å². The highest BCUT2D eigenvalue weighted by Gasteiger charge is 2.18. The Hall–Kier alpha value is -2.01. The Kier molecular flexibility index (Phi) is 5.83. The lowest BCUT2D eigenvalue weighted by atomic mass is 10.1. The number of nitrogens with one attached hydrogen (secondary N) is 1. The molecule has 0 aromatic heterocycles. The molecule has 0 bridgehead atoms. The number of allylic oxidation sites excluding steroid dienone is 1. The SMILES string of the molecule is C/C=C/c1cc(C(=O)NC[C@@H]2CCCO2)cc(OC)c1OC. The monoisotopic (exact) mass is 305 g/mol. The van der Waals surface area contributed by atoms with Crippen molar-refractivity contribution in [1.29, 1.82) is 0 Å². The van der Waals surface area contributed by atoms with E-state index in [2.05, 4.69) is 5.32 Å². The summed E-state index contributed by atoms with van der Waals surface area (Å²) in [6, 6.07) is 3.49. The van der Waals surface area contributed by atoms with Gasteiger partial charge >= 0.3 is 0 Å². The van der Waals surface area contributed by atoms with Crippen LogP contribution in [0.15, 0.2) is 18.2 Å². The topological polar surface area (TPSA) is 56.8 Å². The van der Waals surface area contributed by atoms with Crippen molar-refractivity contribution in [3.05, 3.63) is 29.3 Å². The van der Waals surface area contributed by atoms with Crippen LogP contribution in [-0.2, 0) is 4.74 Å². The normalized spacial score (nSPS) is 17.7. The molecule has 1 N–H and O–H groups in total. The predicted octanol–water partition coefficient (Wildman–Crippen LogP) is 2.65. The number of rotatable bonds is 6. The lowest BCUT2D eigenvalue weighted by Crippen LogP contribution is -2.31. The zero-order chi connectivity index (χ0) is 15.9. The first-order chi connectivity index (χ1) is 10.7. The first kappa shape index (κ1) is 16.4. The van der Waals surface area contributed by atoms with E-state index in [-0.39, 0.29) is 12.0 Å². The number of benzene rings is 1. The van der Waals surface area contributed by atoms with Gasteiger partial charge in [-0.15, -0.1) is 0 Å². The van der Waals surface area contributed by atoms with E-state index < -0.39 is 0 Å². The van der Waals surface area contributed by atoms with Crippen molar-refractivity contribution in [2.45, 2.75) is 25.9 Å². The molecular weight excluding hydrogens is 282 g/mol. The molecule has 0 spiro atoms. The highest BCUT2D eigenvalue weighted by molar-refractivity contribution is 5.96. The van der Waals surface area contributed by atoms with Gasteiger partial charge in [-0.2, -0.15) is 0 Å². The van der Waals surface area contributed by atoms with Crippen LogP contribution < -0.4 is 14.8 Å². The van der Waals surface area contributed by atoms with Crippen molar-refractivity contribution in [1.82, 2.24) is 5.32 Å². The Bertz CT molecular complexity index is 548. The van der Waals surface area contributed by atoms with Gasteiger partial charge in [0, 0.05) is 24.3 Å². The van der Waals surface area contributed by atoms with Gasteiger partial charge in [-0.3, -0.25) is 4.79 Å². The zero-order valence-corrected chi connectivity index (χ0v) is 13.3. The van der Waals surface area contributed by atoms with Gasteiger partial charge in [0.25, 0.3) is 5.91 Å². The Balaban J connectivity index is 2.18. The third-order valence-electron chi connectivity index (χ3n) is 3.63. The summed E-state index contributed by atoms with van der Waals surface area (Å²) in [5, 5.41) is 2.91. The van der Waals surface area contributed by atoms with Crippen LogP contribution in [0.4, 0.5) is 0 Å². The van der Waals surface area contributed by atoms with E-state index >= 15 is 0 Å². The van der Waals surface area contributed by atoms with E-state index in [1.165, 1.54) is 0 Å². The van der Waals surface area contributed by atoms with Crippen LogP contribution in [0, 0.1) is 0 Å². The summed E-state index contributed by atoms with van der Waals surface area (Å²) in [6.07, 6.45) is 5.96. The van der Waals surface area contributed by atoms with E-state index in [0.717, 1.165) is 25.0 Å². The van der Waals surface area contributed by atoms with Crippen molar-refractivity contribution in [2.24, 2.45) is 0 Å². The molecule has 5 nitrogen and oxygen atoms in total. The standard InChI is InChI=1S/C17H23NO4/c1-4-6-12-9-13(10-15(20-2)16(12)21-3)17(19)18-11-14-7-5-8-22-14/h4,6,9-10,14H,5,7-8,11H2,1-3H3,(H,18,19)/b6-4+/t14-/m0/s1. The molecule has 1 heterocycles. The molecule has 0 unspecified atom stereocenters. The van der Waals surface area contributed by atoms with Crippen LogP contribution in [0.1, 0.15) is 35.7 Å². The lowest BCUT2D eigenvalue weighted by molar-refractivity contribution is 0.0857. The molecule has 120 valence electrons. The third kappa shape index (κ3) is 3.80. The molecule has 1 atom stereocenters. The van der Waals surface area contributed by atoms with Crippen molar-refractivity contribution in [3.8, 4) is 11.5 Å². The molecule has 0 aliphatic carbocycles. The first-order valence-electron chi connectivity index (χ1n) is 7.48. The molecule has 1 aliphatic rings. The molecule has 0 radical (unpaired) electrons. The number of hydrogen-bond donors (Lipinski definition) is 1. The summed E-state index contributed by atoms with van der Waals surface area (Å²) in [4.78, 5) is 12.3. The van der Waals surface area contributed by atoms with Gasteiger partial charge in [-0.1, -0.05) is 12.2 Å². The maximum atomic E-state index is 12.3. The Morgan fingerprint density at radius 3 is 2.82 bits per heavy atom. The summed E-state index contributed by atoms with van der Waals surface area (Å²) in [5.74, 6) is 1.03. The average Bonchev–Trinajstić information content (AvgIpc) is 3.05. The molecule has 1 fully saturated rings. The summed E-state index contributed by atoms with van der Waals surface area (Å²) < 4.78 is 16.2. The molecular formula is C17H23NO4. The summed E-state index contributed by atoms with van der Waals surface area (Å²) >= 11 is 0. The summed E-state index contributed by atoms with van der Waals surface area (Å²) in [7, 11) is 3.15. The fourth-order valence-corrected chi connectivity index (χ4v) is 2.54. The minimum absolute atomic E-state index is 0.124. The molecule has 2 rings (SSSR count). The molecule has 1 aliphatic heterocycles. The van der Waals surface area contributed by atoms with E-state index in [9.17, 15) is 4.79 Å². The van der Waals surface area contributed by atoms with Gasteiger partial charge in [0.1, 0.15) is 0 Å². The van der Waals surface area contributed by atoms with E-state index in [4.69, 9.17) is 14.2 Å². The van der Waals surface area contributed by atoms with Crippen LogP contribution in [0.5, 0.6) is 11.5 Å². The number of hydrogen-bond acceptors (Lipinski definition) is 4. The molecule has 1 aromatic rings. The summed E-state index contributed by atoms with van der Waals surface area (Å²) in [5.41, 5.74) is 1.36. The number of carbonyl (C=O) groups excluding carboxylic acids is 1. The highest BCUT2D eigenvalue weighted by atomic mass is 16.5. The highest BCUT2D eigenvalue weighted by Crippen LogP contribution is 2.33. The number of methoxy groups -OCH3 is 2. The minimum Gasteiger partial charge on any atom is -0.493 e. The maximum absolute atomic E-state index is 12.3. The third-order valence-corrected chi connectivity index (χ3v) is 3.63. The van der Waals surface area contributed by atoms with Gasteiger partial charge in [0.15, 0.2) is 11.5 Å². The first-order valence-corrected chi connectivity index (χ1v) is 7.48. The van der Waals surface area contributed by atoms with Crippen LogP contribution in [0.3, 0.4) is 0 Å². The van der Waals surface area contributed by atoms with Gasteiger partial charge in [-0.05, 0) is 31.9 Å². The fourth-order valence-electron chi connectivity index (χ4n) is 2.54. The second-order valence-electron chi connectivity index (χ2n) is 5.15. The largest absolute Gasteiger partial charge is 0.493 e. The van der Waals surface area contributed by atoms with Crippen LogP contribution in [-0.4, -0.2) is 39.4 Å². The van der Waals surface area contributed by atoms with Crippen LogP contribution in [0.2, 0.25) is 0 Å². The number of amides is 1. The maximum Gasteiger partial charge on any atom is 0.251 e. The zero-order valence-electron chi connectivity index (χ0n) is 13.3. The predicted molar refractivity (Wildman–Crippen MR) is 85.6 cm³/mol. The molecule has 22 heavy (non-hydrogen) atoms. The Morgan fingerprint density at radius 2 is 2.23 bits per heavy atom. The van der Waals surface area contributed by atoms with Crippen LogP contribution in [0.25, 0.3) is 6.08 Å². The van der Waals surface area contributed by atoms with Crippen molar-refractivity contribution in [2.75, 3.05) is 27.4 Å². The van der Waals surface area contributed by atoms with E-state index in [1.807, 2.05) is 19.1 Å². The second kappa shape index (κ2) is 7.84. The number of carbonyl (C=O) groups is 1. The number of ether oxygens (including phenoxy) is 3. The van der Waals surface area contributed by atoms with E-state index in [1.54, 1.807) is 26.4 Å². The minimum atomic E-state index is -0.137. The van der Waals surface area contributed by atoms with Crippen LogP contribution >= 0.6 is 0 Å². The van der Waals surface area contributed by atoms with Crippen molar-refractivity contribution in [3.63, 3.8) is 0 Å². The van der Waals surface area contributed by atoms with Crippen molar-refractivity contribution >= 4 is 12.0 Å². The second-order valence-corrected chi connectivity index (χ2v) is 5.15. The Labute approximate surface area is 131 Å². The Morgan fingerprint density at radius 1 is 1.41 bits per heavy atom. The molecule has 5 heteroatoms. The lowest BCUT2D eigenvalue weighted by Gasteiger charge is -2.14. The van der Waals surface area contributed by atoms with Gasteiger partial charge in [0.05, 0.1) is 20.3 Å². The smallest absolute Gasteiger partial charge is 0.251 e. The average molecular weight is 305 g/mol. The molecule has 1 amide bonds. The quantitative estimate of drug-likeness (QED) is 0.878. The molecule has 0 saturated carbocycles. The van der Waals surface area contributed by atoms with Gasteiger partial charge < -0.3 is 19.5 Å². The van der Waals surface area contributed by atoms with Gasteiger partial charge in [0.2, 0.25) is 0 Å². The fraction of sp³-hybridized carbons (Fsp3) is 0.471. The summed E-state index contributed by atoms with van der Waals surface area (Å²) in [6.45, 7) is 3.23. The molecule has 1 aromatic carbocycles. The van der Waals surface area contributed by atoms with E-state index in [0.29, 0.717) is 23.6 Å².